The lowest BCUT2D eigenvalue weighted by Crippen LogP contribution is -2.52. The predicted molar refractivity (Wildman–Crippen MR) is 105 cm³/mol. The zero-order valence-electron chi connectivity index (χ0n) is 17.0. The van der Waals surface area contributed by atoms with Gasteiger partial charge in [0.25, 0.3) is 5.95 Å². The minimum atomic E-state index is -0.0113. The average Bonchev–Trinajstić information content (AvgIpc) is 2.89. The molecule has 2 aromatic rings. The lowest BCUT2D eigenvalue weighted by Gasteiger charge is -2.38. The van der Waals surface area contributed by atoms with E-state index in [9.17, 15) is 4.79 Å². The second-order valence-electron chi connectivity index (χ2n) is 7.70. The first-order valence-electron chi connectivity index (χ1n) is 9.70. The molecule has 2 aromatic heterocycles. The zero-order valence-corrected chi connectivity index (χ0v) is 17.0. The van der Waals surface area contributed by atoms with Crippen molar-refractivity contribution < 1.29 is 4.79 Å². The monoisotopic (exact) mass is 370 g/mol. The van der Waals surface area contributed by atoms with Crippen LogP contribution in [0.3, 0.4) is 0 Å². The molecular weight excluding hydrogens is 340 g/mol. The van der Waals surface area contributed by atoms with E-state index in [4.69, 9.17) is 5.73 Å². The Morgan fingerprint density at radius 2 is 1.89 bits per heavy atom. The standard InChI is InChI=1S/C20H30N6O/c1-12-10-13(2)23-20(22-12)26-16(5)17(15(4)24-26)11-19(27)25-9-7-6-8-18(25)14(3)21/h10,14,18H,6-9,11,21H2,1-5H3. The van der Waals surface area contributed by atoms with Gasteiger partial charge in [-0.3, -0.25) is 4.79 Å². The number of rotatable bonds is 4. The first kappa shape index (κ1) is 19.5. The minimum Gasteiger partial charge on any atom is -0.338 e. The summed E-state index contributed by atoms with van der Waals surface area (Å²) in [7, 11) is 0. The summed E-state index contributed by atoms with van der Waals surface area (Å²) in [5, 5.41) is 4.61. The quantitative estimate of drug-likeness (QED) is 0.891. The van der Waals surface area contributed by atoms with Crippen LogP contribution in [-0.4, -0.2) is 49.2 Å². The summed E-state index contributed by atoms with van der Waals surface area (Å²) in [5.74, 6) is 0.683. The molecule has 0 aromatic carbocycles. The van der Waals surface area contributed by atoms with Gasteiger partial charge in [0.15, 0.2) is 0 Å². The molecule has 3 rings (SSSR count). The first-order valence-corrected chi connectivity index (χ1v) is 9.70. The number of aryl methyl sites for hydroxylation is 3. The topological polar surface area (TPSA) is 89.9 Å². The van der Waals surface area contributed by atoms with Crippen LogP contribution in [0, 0.1) is 27.7 Å². The normalized spacial score (nSPS) is 18.6. The van der Waals surface area contributed by atoms with Gasteiger partial charge in [0.2, 0.25) is 5.91 Å². The largest absolute Gasteiger partial charge is 0.338 e. The van der Waals surface area contributed by atoms with Crippen LogP contribution >= 0.6 is 0 Å². The number of hydrogen-bond acceptors (Lipinski definition) is 5. The second-order valence-corrected chi connectivity index (χ2v) is 7.70. The number of piperidine rings is 1. The Labute approximate surface area is 161 Å². The third kappa shape index (κ3) is 4.03. The van der Waals surface area contributed by atoms with Crippen molar-refractivity contribution in [2.75, 3.05) is 6.54 Å². The third-order valence-electron chi connectivity index (χ3n) is 5.41. The molecule has 146 valence electrons. The second kappa shape index (κ2) is 7.76. The van der Waals surface area contributed by atoms with Crippen molar-refractivity contribution in [3.63, 3.8) is 0 Å². The van der Waals surface area contributed by atoms with Crippen LogP contribution in [0.15, 0.2) is 6.07 Å². The van der Waals surface area contributed by atoms with Crippen LogP contribution in [-0.2, 0) is 11.2 Å². The number of hydrogen-bond donors (Lipinski definition) is 1. The molecule has 0 saturated carbocycles. The number of nitrogens with two attached hydrogens (primary N) is 1. The van der Waals surface area contributed by atoms with Gasteiger partial charge in [0.05, 0.1) is 12.1 Å². The highest BCUT2D eigenvalue weighted by Gasteiger charge is 2.30. The summed E-state index contributed by atoms with van der Waals surface area (Å²) in [6.45, 7) is 10.6. The molecule has 0 aliphatic carbocycles. The SMILES string of the molecule is Cc1cc(C)nc(-n2nc(C)c(CC(=O)N3CCCCC3C(C)N)c2C)n1. The number of carbonyl (C=O) groups excluding carboxylic acids is 1. The van der Waals surface area contributed by atoms with E-state index in [0.29, 0.717) is 12.4 Å². The number of amides is 1. The molecule has 1 aliphatic rings. The van der Waals surface area contributed by atoms with E-state index in [2.05, 4.69) is 15.1 Å². The van der Waals surface area contributed by atoms with Crippen LogP contribution in [0.1, 0.15) is 54.5 Å². The highest BCUT2D eigenvalue weighted by Crippen LogP contribution is 2.23. The van der Waals surface area contributed by atoms with Gasteiger partial charge in [-0.25, -0.2) is 14.6 Å². The van der Waals surface area contributed by atoms with E-state index in [-0.39, 0.29) is 18.0 Å². The predicted octanol–water partition coefficient (Wildman–Crippen LogP) is 2.17. The number of carbonyl (C=O) groups is 1. The zero-order chi connectivity index (χ0) is 19.7. The van der Waals surface area contributed by atoms with Gasteiger partial charge in [-0.1, -0.05) is 0 Å². The summed E-state index contributed by atoms with van der Waals surface area (Å²) < 4.78 is 1.75. The van der Waals surface area contributed by atoms with Crippen molar-refractivity contribution in [3.8, 4) is 5.95 Å². The molecule has 2 N–H and O–H groups in total. The molecule has 2 unspecified atom stereocenters. The number of nitrogens with zero attached hydrogens (tertiary/aromatic N) is 5. The van der Waals surface area contributed by atoms with Crippen molar-refractivity contribution in [2.24, 2.45) is 5.73 Å². The fourth-order valence-electron chi connectivity index (χ4n) is 3.99. The highest BCUT2D eigenvalue weighted by molar-refractivity contribution is 5.80. The van der Waals surface area contributed by atoms with Crippen LogP contribution in [0.2, 0.25) is 0 Å². The Kier molecular flexibility index (Phi) is 5.60. The molecule has 1 amide bonds. The van der Waals surface area contributed by atoms with Gasteiger partial charge in [-0.05, 0) is 59.9 Å². The van der Waals surface area contributed by atoms with E-state index >= 15 is 0 Å². The van der Waals surface area contributed by atoms with E-state index in [1.54, 1.807) is 4.68 Å². The van der Waals surface area contributed by atoms with Crippen molar-refractivity contribution in [2.45, 2.75) is 72.4 Å². The van der Waals surface area contributed by atoms with Crippen LogP contribution < -0.4 is 5.73 Å². The third-order valence-corrected chi connectivity index (χ3v) is 5.41. The summed E-state index contributed by atoms with van der Waals surface area (Å²) >= 11 is 0. The van der Waals surface area contributed by atoms with Crippen molar-refractivity contribution >= 4 is 5.91 Å². The maximum atomic E-state index is 13.0. The minimum absolute atomic E-state index is 0.0113. The fourth-order valence-corrected chi connectivity index (χ4v) is 3.99. The first-order chi connectivity index (χ1) is 12.8. The fraction of sp³-hybridized carbons (Fsp3) is 0.600. The molecule has 1 aliphatic heterocycles. The number of aromatic nitrogens is 4. The molecule has 7 heteroatoms. The molecule has 7 nitrogen and oxygen atoms in total. The maximum absolute atomic E-state index is 13.0. The van der Waals surface area contributed by atoms with Gasteiger partial charge in [-0.15, -0.1) is 0 Å². The maximum Gasteiger partial charge on any atom is 0.251 e. The summed E-state index contributed by atoms with van der Waals surface area (Å²) in [6, 6.07) is 2.05. The molecule has 0 radical (unpaired) electrons. The van der Waals surface area contributed by atoms with Crippen molar-refractivity contribution in [1.82, 2.24) is 24.6 Å². The van der Waals surface area contributed by atoms with Crippen molar-refractivity contribution in [1.29, 1.82) is 0 Å². The average molecular weight is 371 g/mol. The smallest absolute Gasteiger partial charge is 0.251 e. The Hall–Kier alpha value is -2.28. The molecule has 0 spiro atoms. The van der Waals surface area contributed by atoms with Crippen LogP contribution in [0.5, 0.6) is 0 Å². The molecule has 1 saturated heterocycles. The molecular formula is C20H30N6O. The van der Waals surface area contributed by atoms with Crippen LogP contribution in [0.25, 0.3) is 5.95 Å². The highest BCUT2D eigenvalue weighted by atomic mass is 16.2. The Morgan fingerprint density at radius 1 is 1.22 bits per heavy atom. The van der Waals surface area contributed by atoms with Gasteiger partial charge in [0.1, 0.15) is 0 Å². The van der Waals surface area contributed by atoms with Gasteiger partial charge in [-0.2, -0.15) is 5.10 Å². The molecule has 0 bridgehead atoms. The van der Waals surface area contributed by atoms with E-state index in [0.717, 1.165) is 54.1 Å². The van der Waals surface area contributed by atoms with E-state index in [1.807, 2.05) is 45.6 Å². The lowest BCUT2D eigenvalue weighted by atomic mass is 9.96. The Bertz CT molecular complexity index is 821. The summed E-state index contributed by atoms with van der Waals surface area (Å²) in [5.41, 5.74) is 10.6. The molecule has 27 heavy (non-hydrogen) atoms. The van der Waals surface area contributed by atoms with E-state index < -0.39 is 0 Å². The molecule has 3 heterocycles. The summed E-state index contributed by atoms with van der Waals surface area (Å²) in [4.78, 5) is 24.0. The van der Waals surface area contributed by atoms with Gasteiger partial charge in [0, 0.05) is 41.3 Å². The van der Waals surface area contributed by atoms with Gasteiger partial charge >= 0.3 is 0 Å². The van der Waals surface area contributed by atoms with Crippen molar-refractivity contribution in [3.05, 3.63) is 34.4 Å². The van der Waals surface area contributed by atoms with Crippen LogP contribution in [0.4, 0.5) is 0 Å². The Morgan fingerprint density at radius 3 is 2.52 bits per heavy atom. The number of likely N-dealkylation sites (tertiary alicyclic amines) is 1. The lowest BCUT2D eigenvalue weighted by molar-refractivity contribution is -0.134. The summed E-state index contributed by atoms with van der Waals surface area (Å²) in [6.07, 6.45) is 3.50. The molecule has 2 atom stereocenters. The van der Waals surface area contributed by atoms with Gasteiger partial charge < -0.3 is 10.6 Å². The Balaban J connectivity index is 1.87. The molecule has 1 fully saturated rings. The van der Waals surface area contributed by atoms with E-state index in [1.165, 1.54) is 0 Å².